The van der Waals surface area contributed by atoms with Crippen molar-refractivity contribution in [2.45, 2.75) is 0 Å². The van der Waals surface area contributed by atoms with Crippen LogP contribution in [-0.2, 0) is 4.79 Å². The minimum Gasteiger partial charge on any atom is -0.495 e. The van der Waals surface area contributed by atoms with Gasteiger partial charge in [-0.05, 0) is 35.5 Å². The Morgan fingerprint density at radius 1 is 1.50 bits per heavy atom. The minimum absolute atomic E-state index is 0.0224. The molecule has 20 heavy (non-hydrogen) atoms. The maximum absolute atomic E-state index is 12.0. The molecule has 1 fully saturated rings. The molecule has 1 aromatic carbocycles. The van der Waals surface area contributed by atoms with Gasteiger partial charge in [-0.15, -0.1) is 6.42 Å². The van der Waals surface area contributed by atoms with Crippen LogP contribution in [0.2, 0.25) is 5.02 Å². The summed E-state index contributed by atoms with van der Waals surface area (Å²) in [5.41, 5.74) is 0.710. The Morgan fingerprint density at radius 3 is 2.85 bits per heavy atom. The Balaban J connectivity index is 2.28. The van der Waals surface area contributed by atoms with E-state index in [1.54, 1.807) is 24.3 Å². The molecule has 0 aliphatic carbocycles. The summed E-state index contributed by atoms with van der Waals surface area (Å²) in [5, 5.41) is 0.0721. The van der Waals surface area contributed by atoms with Crippen molar-refractivity contribution >= 4 is 40.6 Å². The van der Waals surface area contributed by atoms with E-state index in [1.165, 1.54) is 7.11 Å². The van der Waals surface area contributed by atoms with Crippen molar-refractivity contribution in [1.29, 1.82) is 0 Å². The highest BCUT2D eigenvalue weighted by Crippen LogP contribution is 2.33. The summed E-state index contributed by atoms with van der Waals surface area (Å²) in [5.74, 6) is 2.45. The van der Waals surface area contributed by atoms with Crippen LogP contribution in [0.1, 0.15) is 5.56 Å². The molecule has 1 saturated heterocycles. The maximum Gasteiger partial charge on any atom is 0.294 e. The van der Waals surface area contributed by atoms with Crippen molar-refractivity contribution in [2.75, 3.05) is 13.7 Å². The Morgan fingerprint density at radius 2 is 2.25 bits per heavy atom. The number of imide groups is 1. The fourth-order valence-corrected chi connectivity index (χ4v) is 2.76. The number of rotatable bonds is 3. The molecule has 6 heteroatoms. The number of amides is 2. The lowest BCUT2D eigenvalue weighted by molar-refractivity contribution is -0.122. The first-order valence-corrected chi connectivity index (χ1v) is 6.78. The second kappa shape index (κ2) is 6.04. The predicted octanol–water partition coefficient (Wildman–Crippen LogP) is 3.02. The molecule has 0 unspecified atom stereocenters. The van der Waals surface area contributed by atoms with Crippen molar-refractivity contribution in [1.82, 2.24) is 4.90 Å². The van der Waals surface area contributed by atoms with E-state index in [1.807, 2.05) is 0 Å². The van der Waals surface area contributed by atoms with E-state index < -0.39 is 0 Å². The first-order chi connectivity index (χ1) is 9.56. The van der Waals surface area contributed by atoms with Crippen LogP contribution in [0, 0.1) is 12.3 Å². The largest absolute Gasteiger partial charge is 0.495 e. The van der Waals surface area contributed by atoms with Gasteiger partial charge in [0.2, 0.25) is 0 Å². The third-order valence-electron chi connectivity index (χ3n) is 2.60. The van der Waals surface area contributed by atoms with Gasteiger partial charge >= 0.3 is 0 Å². The highest BCUT2D eigenvalue weighted by Gasteiger charge is 2.34. The molecule has 0 saturated carbocycles. The average Bonchev–Trinajstić information content (AvgIpc) is 2.67. The Kier molecular flexibility index (Phi) is 4.38. The summed E-state index contributed by atoms with van der Waals surface area (Å²) < 4.78 is 5.05. The van der Waals surface area contributed by atoms with Crippen molar-refractivity contribution in [3.63, 3.8) is 0 Å². The highest BCUT2D eigenvalue weighted by atomic mass is 35.5. The number of carbonyl (C=O) groups excluding carboxylic acids is 2. The van der Waals surface area contributed by atoms with Gasteiger partial charge in [-0.1, -0.05) is 23.6 Å². The zero-order chi connectivity index (χ0) is 14.7. The Labute approximate surface area is 125 Å². The van der Waals surface area contributed by atoms with Crippen LogP contribution in [0.15, 0.2) is 23.1 Å². The van der Waals surface area contributed by atoms with Crippen molar-refractivity contribution in [2.24, 2.45) is 0 Å². The molecule has 0 aromatic heterocycles. The van der Waals surface area contributed by atoms with Crippen molar-refractivity contribution in [3.8, 4) is 18.1 Å². The van der Waals surface area contributed by atoms with Gasteiger partial charge < -0.3 is 4.74 Å². The number of hydrogen-bond donors (Lipinski definition) is 0. The van der Waals surface area contributed by atoms with Gasteiger partial charge in [-0.25, -0.2) is 0 Å². The standard InChI is InChI=1S/C14H10ClNO3S/c1-3-6-16-13(17)12(20-14(16)18)8-9-4-5-11(19-2)10(15)7-9/h1,4-5,7-8H,6H2,2H3. The molecule has 0 spiro atoms. The van der Waals surface area contributed by atoms with E-state index in [-0.39, 0.29) is 17.7 Å². The van der Waals surface area contributed by atoms with Gasteiger partial charge in [0.15, 0.2) is 0 Å². The van der Waals surface area contributed by atoms with Crippen molar-refractivity contribution < 1.29 is 14.3 Å². The highest BCUT2D eigenvalue weighted by molar-refractivity contribution is 8.18. The quantitative estimate of drug-likeness (QED) is 0.636. The first kappa shape index (κ1) is 14.5. The van der Waals surface area contributed by atoms with Crippen LogP contribution in [-0.4, -0.2) is 29.7 Å². The number of methoxy groups -OCH3 is 1. The van der Waals surface area contributed by atoms with Crippen LogP contribution in [0.4, 0.5) is 4.79 Å². The van der Waals surface area contributed by atoms with Crippen LogP contribution < -0.4 is 4.74 Å². The minimum atomic E-state index is -0.384. The zero-order valence-electron chi connectivity index (χ0n) is 10.6. The summed E-state index contributed by atoms with van der Waals surface area (Å²) in [6, 6.07) is 5.11. The van der Waals surface area contributed by atoms with E-state index in [0.717, 1.165) is 16.7 Å². The lowest BCUT2D eigenvalue weighted by Crippen LogP contribution is -2.28. The number of nitrogens with zero attached hydrogens (tertiary/aromatic N) is 1. The van der Waals surface area contributed by atoms with E-state index in [2.05, 4.69) is 5.92 Å². The SMILES string of the molecule is C#CCN1C(=O)SC(=Cc2ccc(OC)c(Cl)c2)C1=O. The molecule has 2 amide bonds. The second-order valence-electron chi connectivity index (χ2n) is 3.87. The third-order valence-corrected chi connectivity index (χ3v) is 3.80. The lowest BCUT2D eigenvalue weighted by Gasteiger charge is -2.06. The van der Waals surface area contributed by atoms with E-state index in [0.29, 0.717) is 21.2 Å². The molecule has 0 bridgehead atoms. The Hall–Kier alpha value is -1.90. The fraction of sp³-hybridized carbons (Fsp3) is 0.143. The number of thioether (sulfide) groups is 1. The number of halogens is 1. The smallest absolute Gasteiger partial charge is 0.294 e. The molecular formula is C14H10ClNO3S. The number of ether oxygens (including phenoxy) is 1. The van der Waals surface area contributed by atoms with Crippen LogP contribution >= 0.6 is 23.4 Å². The lowest BCUT2D eigenvalue weighted by atomic mass is 10.2. The molecule has 0 radical (unpaired) electrons. The van der Waals surface area contributed by atoms with E-state index in [4.69, 9.17) is 22.8 Å². The molecule has 1 aromatic rings. The van der Waals surface area contributed by atoms with E-state index >= 15 is 0 Å². The summed E-state index contributed by atoms with van der Waals surface area (Å²) in [6.07, 6.45) is 6.73. The van der Waals surface area contributed by atoms with Gasteiger partial charge in [-0.3, -0.25) is 14.5 Å². The zero-order valence-corrected chi connectivity index (χ0v) is 12.1. The first-order valence-electron chi connectivity index (χ1n) is 5.59. The summed E-state index contributed by atoms with van der Waals surface area (Å²) in [6.45, 7) is -0.0224. The van der Waals surface area contributed by atoms with E-state index in [9.17, 15) is 9.59 Å². The third kappa shape index (κ3) is 2.82. The van der Waals surface area contributed by atoms with Crippen LogP contribution in [0.5, 0.6) is 5.75 Å². The number of terminal acetylenes is 1. The maximum atomic E-state index is 12.0. The molecule has 0 N–H and O–H groups in total. The molecule has 2 rings (SSSR count). The second-order valence-corrected chi connectivity index (χ2v) is 5.27. The molecule has 102 valence electrons. The topological polar surface area (TPSA) is 46.6 Å². The van der Waals surface area contributed by atoms with Crippen molar-refractivity contribution in [3.05, 3.63) is 33.7 Å². The number of hydrogen-bond acceptors (Lipinski definition) is 4. The van der Waals surface area contributed by atoms with Gasteiger partial charge in [-0.2, -0.15) is 0 Å². The van der Waals surface area contributed by atoms with Crippen LogP contribution in [0.3, 0.4) is 0 Å². The number of carbonyl (C=O) groups is 2. The van der Waals surface area contributed by atoms with Gasteiger partial charge in [0, 0.05) is 0 Å². The predicted molar refractivity (Wildman–Crippen MR) is 79.5 cm³/mol. The van der Waals surface area contributed by atoms with Gasteiger partial charge in [0.05, 0.1) is 23.6 Å². The molecule has 0 atom stereocenters. The normalized spacial score (nSPS) is 16.6. The van der Waals surface area contributed by atoms with Gasteiger partial charge in [0.1, 0.15) is 5.75 Å². The van der Waals surface area contributed by atoms with Gasteiger partial charge in [0.25, 0.3) is 11.1 Å². The molecule has 4 nitrogen and oxygen atoms in total. The summed E-state index contributed by atoms with van der Waals surface area (Å²) in [4.78, 5) is 25.0. The monoisotopic (exact) mass is 307 g/mol. The molecular weight excluding hydrogens is 298 g/mol. The molecule has 1 aliphatic heterocycles. The summed E-state index contributed by atoms with van der Waals surface area (Å²) >= 11 is 6.87. The average molecular weight is 308 g/mol. The molecule has 1 heterocycles. The fourth-order valence-electron chi connectivity index (χ4n) is 1.65. The summed E-state index contributed by atoms with van der Waals surface area (Å²) in [7, 11) is 1.52. The van der Waals surface area contributed by atoms with Crippen LogP contribution in [0.25, 0.3) is 6.08 Å². The Bertz CT molecular complexity index is 648. The number of benzene rings is 1. The molecule has 1 aliphatic rings.